The molecule has 8 heteroatoms. The first-order valence-electron chi connectivity index (χ1n) is 8.25. The fourth-order valence-corrected chi connectivity index (χ4v) is 3.56. The summed E-state index contributed by atoms with van der Waals surface area (Å²) in [5.41, 5.74) is 1.10. The third kappa shape index (κ3) is 3.87. The number of amides is 1. The van der Waals surface area contributed by atoms with Gasteiger partial charge in [-0.15, -0.1) is 0 Å². The Hall–Kier alpha value is -2.68. The lowest BCUT2D eigenvalue weighted by molar-refractivity contribution is -0.0258. The highest BCUT2D eigenvalue weighted by atomic mass is 32.2. The standard InChI is InChI=1S/C19H20N2O5S/c1-13(18-12-15-6-4-5-7-17(15)26-18)20-19(22)14-8-10-16(11-9-14)27(23,24)21(2)25-3/h4-13H,1-3H3,(H,20,22). The van der Waals surface area contributed by atoms with Crippen molar-refractivity contribution in [3.05, 3.63) is 65.9 Å². The SMILES string of the molecule is CON(C)S(=O)(=O)c1ccc(C(=O)NC(C)c2cc3ccccc3o2)cc1. The maximum atomic E-state index is 12.5. The Bertz CT molecular complexity index is 1020. The number of nitrogens with zero attached hydrogens (tertiary/aromatic N) is 1. The number of sulfonamides is 1. The van der Waals surface area contributed by atoms with E-state index in [1.54, 1.807) is 0 Å². The second-order valence-electron chi connectivity index (χ2n) is 6.00. The smallest absolute Gasteiger partial charge is 0.264 e. The number of fused-ring (bicyclic) bond motifs is 1. The molecule has 0 saturated heterocycles. The Balaban J connectivity index is 1.74. The predicted molar refractivity (Wildman–Crippen MR) is 100 cm³/mol. The number of furan rings is 1. The zero-order valence-corrected chi connectivity index (χ0v) is 16.0. The van der Waals surface area contributed by atoms with Crippen molar-refractivity contribution in [2.45, 2.75) is 17.9 Å². The molecule has 0 radical (unpaired) electrons. The van der Waals surface area contributed by atoms with Crippen LogP contribution in [0, 0.1) is 0 Å². The van der Waals surface area contributed by atoms with E-state index in [4.69, 9.17) is 9.25 Å². The van der Waals surface area contributed by atoms with Crippen LogP contribution in [0.25, 0.3) is 11.0 Å². The molecular formula is C19H20N2O5S. The quantitative estimate of drug-likeness (QED) is 0.656. The molecule has 1 unspecified atom stereocenters. The van der Waals surface area contributed by atoms with Crippen molar-refractivity contribution < 1.29 is 22.5 Å². The van der Waals surface area contributed by atoms with Crippen LogP contribution in [0.15, 0.2) is 63.9 Å². The maximum Gasteiger partial charge on any atom is 0.264 e. The Labute approximate surface area is 157 Å². The molecule has 7 nitrogen and oxygen atoms in total. The Kier molecular flexibility index (Phi) is 5.31. The summed E-state index contributed by atoms with van der Waals surface area (Å²) in [6.45, 7) is 1.82. The lowest BCUT2D eigenvalue weighted by atomic mass is 10.1. The van der Waals surface area contributed by atoms with Gasteiger partial charge in [0.25, 0.3) is 15.9 Å². The lowest BCUT2D eigenvalue weighted by Crippen LogP contribution is -2.27. The van der Waals surface area contributed by atoms with Crippen LogP contribution in [0.5, 0.6) is 0 Å². The van der Waals surface area contributed by atoms with Crippen LogP contribution in [0.3, 0.4) is 0 Å². The van der Waals surface area contributed by atoms with Gasteiger partial charge in [0, 0.05) is 18.0 Å². The van der Waals surface area contributed by atoms with Crippen LogP contribution < -0.4 is 5.32 Å². The van der Waals surface area contributed by atoms with Gasteiger partial charge in [0.15, 0.2) is 0 Å². The molecule has 0 spiro atoms. The van der Waals surface area contributed by atoms with Gasteiger partial charge in [-0.05, 0) is 43.3 Å². The van der Waals surface area contributed by atoms with E-state index in [1.165, 1.54) is 38.4 Å². The highest BCUT2D eigenvalue weighted by Gasteiger charge is 2.21. The monoisotopic (exact) mass is 388 g/mol. The number of carbonyl (C=O) groups excluding carboxylic acids is 1. The average molecular weight is 388 g/mol. The zero-order valence-electron chi connectivity index (χ0n) is 15.2. The minimum Gasteiger partial charge on any atom is -0.459 e. The largest absolute Gasteiger partial charge is 0.459 e. The number of hydrogen-bond donors (Lipinski definition) is 1. The summed E-state index contributed by atoms with van der Waals surface area (Å²) in [6.07, 6.45) is 0. The van der Waals surface area contributed by atoms with Gasteiger partial charge >= 0.3 is 0 Å². The first-order chi connectivity index (χ1) is 12.8. The number of nitrogens with one attached hydrogen (secondary N) is 1. The molecule has 0 aliphatic heterocycles. The van der Waals surface area contributed by atoms with Crippen LogP contribution in [0.4, 0.5) is 0 Å². The summed E-state index contributed by atoms with van der Waals surface area (Å²) in [4.78, 5) is 17.2. The van der Waals surface area contributed by atoms with E-state index in [1.807, 2.05) is 37.3 Å². The third-order valence-electron chi connectivity index (χ3n) is 4.23. The van der Waals surface area contributed by atoms with E-state index in [9.17, 15) is 13.2 Å². The molecule has 142 valence electrons. The van der Waals surface area contributed by atoms with Gasteiger partial charge in [0.2, 0.25) is 0 Å². The number of hydrogen-bond acceptors (Lipinski definition) is 5. The van der Waals surface area contributed by atoms with E-state index >= 15 is 0 Å². The Morgan fingerprint density at radius 2 is 1.81 bits per heavy atom. The molecule has 1 atom stereocenters. The van der Waals surface area contributed by atoms with Crippen molar-refractivity contribution >= 4 is 26.9 Å². The molecule has 1 amide bonds. The topological polar surface area (TPSA) is 88.8 Å². The molecule has 0 fully saturated rings. The average Bonchev–Trinajstić information content (AvgIpc) is 3.11. The first-order valence-corrected chi connectivity index (χ1v) is 9.69. The molecule has 0 aliphatic rings. The molecule has 1 N–H and O–H groups in total. The van der Waals surface area contributed by atoms with Gasteiger partial charge in [-0.25, -0.2) is 8.42 Å². The third-order valence-corrected chi connectivity index (χ3v) is 5.92. The minimum absolute atomic E-state index is 0.0359. The molecule has 27 heavy (non-hydrogen) atoms. The summed E-state index contributed by atoms with van der Waals surface area (Å²) in [5, 5.41) is 3.81. The summed E-state index contributed by atoms with van der Waals surface area (Å²) in [7, 11) is -1.19. The van der Waals surface area contributed by atoms with Crippen LogP contribution >= 0.6 is 0 Å². The van der Waals surface area contributed by atoms with Crippen LogP contribution in [0.2, 0.25) is 0 Å². The Morgan fingerprint density at radius 1 is 1.15 bits per heavy atom. The molecule has 3 rings (SSSR count). The van der Waals surface area contributed by atoms with Crippen molar-refractivity contribution in [3.63, 3.8) is 0 Å². The van der Waals surface area contributed by atoms with Crippen LogP contribution in [0.1, 0.15) is 29.1 Å². The van der Waals surface area contributed by atoms with Gasteiger partial charge < -0.3 is 9.73 Å². The van der Waals surface area contributed by atoms with Crippen molar-refractivity contribution in [2.75, 3.05) is 14.2 Å². The second-order valence-corrected chi connectivity index (χ2v) is 7.94. The molecule has 1 aromatic heterocycles. The highest BCUT2D eigenvalue weighted by molar-refractivity contribution is 7.89. The molecule has 0 bridgehead atoms. The molecular weight excluding hydrogens is 368 g/mol. The summed E-state index contributed by atoms with van der Waals surface area (Å²) >= 11 is 0. The molecule has 1 heterocycles. The van der Waals surface area contributed by atoms with Gasteiger partial charge in [-0.1, -0.05) is 22.7 Å². The maximum absolute atomic E-state index is 12.5. The molecule has 0 aliphatic carbocycles. The predicted octanol–water partition coefficient (Wildman–Crippen LogP) is 3.11. The van der Waals surface area contributed by atoms with Gasteiger partial charge in [0.1, 0.15) is 11.3 Å². The van der Waals surface area contributed by atoms with Crippen LogP contribution in [-0.2, 0) is 14.9 Å². The Morgan fingerprint density at radius 3 is 2.44 bits per heavy atom. The molecule has 0 saturated carbocycles. The van der Waals surface area contributed by atoms with E-state index < -0.39 is 10.0 Å². The van der Waals surface area contributed by atoms with Crippen LogP contribution in [-0.4, -0.2) is 33.0 Å². The summed E-state index contributed by atoms with van der Waals surface area (Å²) in [6, 6.07) is 14.8. The molecule has 3 aromatic rings. The first kappa shape index (κ1) is 19.1. The fraction of sp³-hybridized carbons (Fsp3) is 0.211. The van der Waals surface area contributed by atoms with E-state index in [0.717, 1.165) is 15.4 Å². The highest BCUT2D eigenvalue weighted by Crippen LogP contribution is 2.24. The fourth-order valence-electron chi connectivity index (χ4n) is 2.59. The molecule has 2 aromatic carbocycles. The van der Waals surface area contributed by atoms with Gasteiger partial charge in [-0.3, -0.25) is 9.63 Å². The number of hydroxylamine groups is 1. The second kappa shape index (κ2) is 7.51. The number of benzene rings is 2. The number of carbonyl (C=O) groups is 1. The van der Waals surface area contributed by atoms with E-state index in [-0.39, 0.29) is 16.8 Å². The summed E-state index contributed by atoms with van der Waals surface area (Å²) in [5.74, 6) is 0.317. The van der Waals surface area contributed by atoms with Crippen molar-refractivity contribution in [3.8, 4) is 0 Å². The van der Waals surface area contributed by atoms with Crippen molar-refractivity contribution in [1.29, 1.82) is 0 Å². The van der Waals surface area contributed by atoms with E-state index in [0.29, 0.717) is 11.3 Å². The normalized spacial score (nSPS) is 13.0. The summed E-state index contributed by atoms with van der Waals surface area (Å²) < 4.78 is 30.9. The number of rotatable bonds is 6. The van der Waals surface area contributed by atoms with Crippen molar-refractivity contribution in [2.24, 2.45) is 0 Å². The van der Waals surface area contributed by atoms with E-state index in [2.05, 4.69) is 5.32 Å². The lowest BCUT2D eigenvalue weighted by Gasteiger charge is -2.15. The van der Waals surface area contributed by atoms with Gasteiger partial charge in [-0.2, -0.15) is 0 Å². The minimum atomic E-state index is -3.75. The zero-order chi connectivity index (χ0) is 19.6. The number of para-hydroxylation sites is 1. The van der Waals surface area contributed by atoms with Crippen molar-refractivity contribution in [1.82, 2.24) is 9.79 Å². The van der Waals surface area contributed by atoms with Gasteiger partial charge in [0.05, 0.1) is 18.0 Å².